The maximum absolute atomic E-state index is 11.9. The van der Waals surface area contributed by atoms with E-state index in [4.69, 9.17) is 0 Å². The van der Waals surface area contributed by atoms with Crippen LogP contribution in [0.25, 0.3) is 0 Å². The predicted molar refractivity (Wildman–Crippen MR) is 75.7 cm³/mol. The number of rotatable bonds is 7. The van der Waals surface area contributed by atoms with Crippen LogP contribution in [0.15, 0.2) is 0 Å². The van der Waals surface area contributed by atoms with Gasteiger partial charge in [-0.15, -0.1) is 0 Å². The predicted octanol–water partition coefficient (Wildman–Crippen LogP) is 1.37. The highest BCUT2D eigenvalue weighted by Crippen LogP contribution is 2.15. The van der Waals surface area contributed by atoms with E-state index in [1.807, 2.05) is 0 Å². The zero-order chi connectivity index (χ0) is 13.4. The normalized spacial score (nSPS) is 22.7. The van der Waals surface area contributed by atoms with Crippen molar-refractivity contribution < 1.29 is 4.79 Å². The van der Waals surface area contributed by atoms with Crippen LogP contribution in [0.5, 0.6) is 0 Å². The molecule has 1 rings (SSSR count). The number of likely N-dealkylation sites (N-methyl/N-ethyl adjacent to an activating group) is 1. The third-order valence-corrected chi connectivity index (χ3v) is 3.75. The molecule has 0 radical (unpaired) electrons. The van der Waals surface area contributed by atoms with E-state index in [0.29, 0.717) is 12.6 Å². The summed E-state index contributed by atoms with van der Waals surface area (Å²) >= 11 is 0. The van der Waals surface area contributed by atoms with Gasteiger partial charge in [-0.25, -0.2) is 0 Å². The molecule has 1 aliphatic heterocycles. The first kappa shape index (κ1) is 15.4. The molecule has 2 atom stereocenters. The zero-order valence-corrected chi connectivity index (χ0v) is 12.2. The van der Waals surface area contributed by atoms with Gasteiger partial charge < -0.3 is 10.6 Å². The second-order valence-corrected chi connectivity index (χ2v) is 5.30. The fourth-order valence-electron chi connectivity index (χ4n) is 2.42. The quantitative estimate of drug-likeness (QED) is 0.722. The first-order valence-corrected chi connectivity index (χ1v) is 7.41. The minimum Gasteiger partial charge on any atom is -0.353 e. The number of likely N-dealkylation sites (tertiary alicyclic amines) is 1. The molecule has 0 aliphatic carbocycles. The summed E-state index contributed by atoms with van der Waals surface area (Å²) in [5.74, 6) is 0.174. The van der Waals surface area contributed by atoms with Crippen LogP contribution < -0.4 is 10.6 Å². The number of hydrogen-bond acceptors (Lipinski definition) is 3. The molecular formula is C14H29N3O. The third kappa shape index (κ3) is 5.36. The van der Waals surface area contributed by atoms with E-state index in [2.05, 4.69) is 36.3 Å². The first-order valence-electron chi connectivity index (χ1n) is 7.41. The Morgan fingerprint density at radius 1 is 1.39 bits per heavy atom. The molecule has 0 aromatic heterocycles. The van der Waals surface area contributed by atoms with Crippen molar-refractivity contribution >= 4 is 5.91 Å². The smallest absolute Gasteiger partial charge is 0.234 e. The highest BCUT2D eigenvalue weighted by molar-refractivity contribution is 5.78. The number of carbonyl (C=O) groups excluding carboxylic acids is 1. The molecule has 0 aromatic rings. The zero-order valence-electron chi connectivity index (χ0n) is 12.2. The monoisotopic (exact) mass is 255 g/mol. The van der Waals surface area contributed by atoms with Crippen LogP contribution in [0.3, 0.4) is 0 Å². The molecule has 1 heterocycles. The summed E-state index contributed by atoms with van der Waals surface area (Å²) in [5, 5.41) is 6.45. The lowest BCUT2D eigenvalue weighted by molar-refractivity contribution is -0.123. The van der Waals surface area contributed by atoms with Crippen LogP contribution in [0.4, 0.5) is 0 Å². The summed E-state index contributed by atoms with van der Waals surface area (Å²) < 4.78 is 0. The van der Waals surface area contributed by atoms with E-state index in [-0.39, 0.29) is 11.9 Å². The molecule has 2 N–H and O–H groups in total. The Morgan fingerprint density at radius 2 is 2.17 bits per heavy atom. The summed E-state index contributed by atoms with van der Waals surface area (Å²) in [6.45, 7) is 9.91. The van der Waals surface area contributed by atoms with Crippen molar-refractivity contribution in [3.05, 3.63) is 0 Å². The molecule has 1 fully saturated rings. The fraction of sp³-hybridized carbons (Fsp3) is 0.929. The lowest BCUT2D eigenvalue weighted by Crippen LogP contribution is -2.50. The Morgan fingerprint density at radius 3 is 2.83 bits per heavy atom. The number of nitrogens with zero attached hydrogens (tertiary/aromatic N) is 1. The van der Waals surface area contributed by atoms with Gasteiger partial charge in [0.15, 0.2) is 0 Å². The highest BCUT2D eigenvalue weighted by atomic mass is 16.2. The Kier molecular flexibility index (Phi) is 7.28. The van der Waals surface area contributed by atoms with E-state index in [0.717, 1.165) is 26.1 Å². The van der Waals surface area contributed by atoms with E-state index in [1.165, 1.54) is 19.3 Å². The molecule has 18 heavy (non-hydrogen) atoms. The van der Waals surface area contributed by atoms with Crippen LogP contribution in [0.1, 0.15) is 46.5 Å². The van der Waals surface area contributed by atoms with E-state index in [1.54, 1.807) is 0 Å². The van der Waals surface area contributed by atoms with Gasteiger partial charge in [0.2, 0.25) is 5.91 Å². The van der Waals surface area contributed by atoms with Gasteiger partial charge in [-0.2, -0.15) is 0 Å². The Labute approximate surface area is 111 Å². The topological polar surface area (TPSA) is 44.4 Å². The van der Waals surface area contributed by atoms with Gasteiger partial charge in [0, 0.05) is 18.6 Å². The van der Waals surface area contributed by atoms with Gasteiger partial charge >= 0.3 is 0 Å². The number of nitrogens with one attached hydrogen (secondary N) is 2. The fourth-order valence-corrected chi connectivity index (χ4v) is 2.42. The molecule has 0 bridgehead atoms. The number of amides is 1. The van der Waals surface area contributed by atoms with Crippen molar-refractivity contribution in [2.24, 2.45) is 0 Å². The minimum absolute atomic E-state index is 0.174. The summed E-state index contributed by atoms with van der Waals surface area (Å²) in [6.07, 6.45) is 4.72. The second-order valence-electron chi connectivity index (χ2n) is 5.30. The maximum atomic E-state index is 11.9. The van der Waals surface area contributed by atoms with Crippen molar-refractivity contribution in [1.82, 2.24) is 15.5 Å². The lowest BCUT2D eigenvalue weighted by Gasteiger charge is -2.35. The molecule has 4 nitrogen and oxygen atoms in total. The average molecular weight is 255 g/mol. The number of hydrogen-bond donors (Lipinski definition) is 2. The van der Waals surface area contributed by atoms with Crippen LogP contribution in [0, 0.1) is 0 Å². The van der Waals surface area contributed by atoms with Gasteiger partial charge in [-0.1, -0.05) is 20.3 Å². The molecule has 106 valence electrons. The summed E-state index contributed by atoms with van der Waals surface area (Å²) in [5.41, 5.74) is 0. The molecule has 0 spiro atoms. The van der Waals surface area contributed by atoms with Gasteiger partial charge in [0.1, 0.15) is 0 Å². The van der Waals surface area contributed by atoms with Crippen molar-refractivity contribution in [3.8, 4) is 0 Å². The minimum atomic E-state index is 0.174. The average Bonchev–Trinajstić information content (AvgIpc) is 2.37. The summed E-state index contributed by atoms with van der Waals surface area (Å²) in [6, 6.07) is 0.816. The van der Waals surface area contributed by atoms with E-state index in [9.17, 15) is 4.79 Å². The second kappa shape index (κ2) is 8.48. The Balaban J connectivity index is 2.38. The molecular weight excluding hydrogens is 226 g/mol. The van der Waals surface area contributed by atoms with Gasteiger partial charge in [-0.3, -0.25) is 9.69 Å². The van der Waals surface area contributed by atoms with Crippen molar-refractivity contribution in [2.45, 2.75) is 58.5 Å². The van der Waals surface area contributed by atoms with Gasteiger partial charge in [0.05, 0.1) is 6.54 Å². The molecule has 1 amide bonds. The van der Waals surface area contributed by atoms with Crippen molar-refractivity contribution in [3.63, 3.8) is 0 Å². The van der Waals surface area contributed by atoms with Gasteiger partial charge in [0.25, 0.3) is 0 Å². The van der Waals surface area contributed by atoms with Crippen LogP contribution in [-0.4, -0.2) is 49.1 Å². The van der Waals surface area contributed by atoms with Crippen LogP contribution in [0.2, 0.25) is 0 Å². The molecule has 2 unspecified atom stereocenters. The largest absolute Gasteiger partial charge is 0.353 e. The van der Waals surface area contributed by atoms with Crippen molar-refractivity contribution in [2.75, 3.05) is 26.2 Å². The summed E-state index contributed by atoms with van der Waals surface area (Å²) in [7, 11) is 0. The molecule has 4 heteroatoms. The Bertz CT molecular complexity index is 245. The van der Waals surface area contributed by atoms with Gasteiger partial charge in [-0.05, 0) is 39.3 Å². The Hall–Kier alpha value is -0.610. The first-order chi connectivity index (χ1) is 8.67. The highest BCUT2D eigenvalue weighted by Gasteiger charge is 2.23. The third-order valence-electron chi connectivity index (χ3n) is 3.75. The molecule has 1 aliphatic rings. The van der Waals surface area contributed by atoms with E-state index >= 15 is 0 Å². The number of carbonyl (C=O) groups is 1. The van der Waals surface area contributed by atoms with Crippen LogP contribution in [-0.2, 0) is 4.79 Å². The lowest BCUT2D eigenvalue weighted by atomic mass is 10.0. The standard InChI is InChI=1S/C14H29N3O/c1-4-12(3)16-14(18)11-17-9-7-6-8-13(17)10-15-5-2/h12-13,15H,4-11H2,1-3H3,(H,16,18). The van der Waals surface area contributed by atoms with E-state index < -0.39 is 0 Å². The van der Waals surface area contributed by atoms with Crippen LogP contribution >= 0.6 is 0 Å². The molecule has 0 saturated carbocycles. The van der Waals surface area contributed by atoms with Crippen molar-refractivity contribution in [1.29, 1.82) is 0 Å². The maximum Gasteiger partial charge on any atom is 0.234 e. The molecule has 0 aromatic carbocycles. The number of piperidine rings is 1. The summed E-state index contributed by atoms with van der Waals surface area (Å²) in [4.78, 5) is 14.3. The SMILES string of the molecule is CCNCC1CCCCN1CC(=O)NC(C)CC. The molecule has 1 saturated heterocycles.